The number of nitrogens with one attached hydrogen (secondary N) is 2. The molecular formula is C59H52N4O6. The molecule has 7 aromatic rings. The van der Waals surface area contributed by atoms with Crippen molar-refractivity contribution in [3.05, 3.63) is 144 Å². The molecule has 0 radical (unpaired) electrons. The van der Waals surface area contributed by atoms with E-state index in [9.17, 15) is 9.90 Å². The maximum absolute atomic E-state index is 13.0. The molecule has 3 aromatic heterocycles. The van der Waals surface area contributed by atoms with Gasteiger partial charge in [0.15, 0.2) is 0 Å². The number of nitrogens with zero attached hydrogens (tertiary/aromatic N) is 2. The standard InChI is InChI=1S/C59H52N4O6/c1-66-40-12-5-36(6-13-40)53-44-19-21-46(60-44)54(37-7-14-41(67-2)15-8-37)48-23-25-50(62-48)56(51-26-24-49(63-51)55(47-22-20-45(53)61-47)38-9-16-42(68-3)17-10-38)39-11-18-43(52(28-39)69-4)58-29-34-27-35(30-58)32-59(31-34,33-58)57(64)65/h5-26,28,34-35,62-63H,27,29-33H2,1-4H3,(H,64,65). The Kier molecular flexibility index (Phi) is 10.1. The van der Waals surface area contributed by atoms with Crippen LogP contribution in [0.2, 0.25) is 0 Å². The van der Waals surface area contributed by atoms with Crippen molar-refractivity contribution in [1.82, 2.24) is 19.9 Å². The van der Waals surface area contributed by atoms with E-state index in [-0.39, 0.29) is 5.41 Å². The minimum absolute atomic E-state index is 0.247. The van der Waals surface area contributed by atoms with Crippen molar-refractivity contribution in [2.75, 3.05) is 28.4 Å². The molecule has 4 aromatic carbocycles. The predicted octanol–water partition coefficient (Wildman–Crippen LogP) is 13.3. The Labute approximate surface area is 400 Å². The van der Waals surface area contributed by atoms with Gasteiger partial charge in [0.25, 0.3) is 0 Å². The summed E-state index contributed by atoms with van der Waals surface area (Å²) in [6.07, 6.45) is 13.6. The summed E-state index contributed by atoms with van der Waals surface area (Å²) in [5.74, 6) is 3.24. The third-order valence-corrected chi connectivity index (χ3v) is 15.5. The molecule has 0 amide bonds. The van der Waals surface area contributed by atoms with E-state index in [1.807, 2.05) is 36.4 Å². The van der Waals surface area contributed by atoms with Crippen LogP contribution in [-0.2, 0) is 10.2 Å². The zero-order valence-electron chi connectivity index (χ0n) is 39.1. The molecular weight excluding hydrogens is 861 g/mol. The molecule has 13 rings (SSSR count). The highest BCUT2D eigenvalue weighted by molar-refractivity contribution is 6.00. The van der Waals surface area contributed by atoms with Gasteiger partial charge in [0.05, 0.1) is 56.6 Å². The highest BCUT2D eigenvalue weighted by Gasteiger charge is 2.61. The molecule has 3 N–H and O–H groups in total. The number of H-pyrrole nitrogens is 2. The molecule has 6 aliphatic rings. The lowest BCUT2D eigenvalue weighted by Gasteiger charge is -2.60. The fraction of sp³-hybridized carbons (Fsp3) is 0.237. The van der Waals surface area contributed by atoms with Gasteiger partial charge >= 0.3 is 5.97 Å². The molecule has 4 aliphatic carbocycles. The minimum atomic E-state index is -0.674. The monoisotopic (exact) mass is 912 g/mol. The lowest BCUT2D eigenvalue weighted by molar-refractivity contribution is -0.167. The number of hydrogen-bond donors (Lipinski definition) is 3. The van der Waals surface area contributed by atoms with Crippen molar-refractivity contribution in [3.63, 3.8) is 0 Å². The van der Waals surface area contributed by atoms with Gasteiger partial charge < -0.3 is 34.0 Å². The third kappa shape index (κ3) is 7.11. The van der Waals surface area contributed by atoms with Crippen LogP contribution in [0.4, 0.5) is 0 Å². The molecule has 10 heteroatoms. The number of aromatic nitrogens is 4. The summed E-state index contributed by atoms with van der Waals surface area (Å²) in [5.41, 5.74) is 14.5. The molecule has 2 unspecified atom stereocenters. The topological polar surface area (TPSA) is 132 Å². The number of carboxylic acids is 1. The van der Waals surface area contributed by atoms with Crippen LogP contribution in [0.15, 0.2) is 115 Å². The Morgan fingerprint density at radius 3 is 1.33 bits per heavy atom. The maximum atomic E-state index is 13.0. The Hall–Kier alpha value is -7.85. The maximum Gasteiger partial charge on any atom is 0.309 e. The zero-order chi connectivity index (χ0) is 47.0. The highest BCUT2D eigenvalue weighted by atomic mass is 16.5. The second-order valence-corrected chi connectivity index (χ2v) is 19.4. The number of hydrogen-bond acceptors (Lipinski definition) is 7. The van der Waals surface area contributed by atoms with Gasteiger partial charge in [-0.15, -0.1) is 0 Å². The van der Waals surface area contributed by atoms with E-state index >= 15 is 0 Å². The van der Waals surface area contributed by atoms with Gasteiger partial charge in [0.2, 0.25) is 0 Å². The molecule has 10 nitrogen and oxygen atoms in total. The fourth-order valence-corrected chi connectivity index (χ4v) is 12.8. The van der Waals surface area contributed by atoms with E-state index < -0.39 is 11.4 Å². The molecule has 4 fully saturated rings. The van der Waals surface area contributed by atoms with Gasteiger partial charge in [-0.1, -0.05) is 48.5 Å². The second kappa shape index (κ2) is 16.4. The molecule has 69 heavy (non-hydrogen) atoms. The number of ether oxygens (including phenoxy) is 4. The normalized spacial score (nSPS) is 20.8. The van der Waals surface area contributed by atoms with E-state index in [4.69, 9.17) is 28.9 Å². The van der Waals surface area contributed by atoms with E-state index in [1.165, 1.54) is 0 Å². The fourth-order valence-electron chi connectivity index (χ4n) is 12.8. The number of aromatic amines is 2. The molecule has 2 atom stereocenters. The van der Waals surface area contributed by atoms with Crippen LogP contribution in [-0.4, -0.2) is 59.5 Å². The van der Waals surface area contributed by atoms with Crippen LogP contribution in [0.3, 0.4) is 0 Å². The van der Waals surface area contributed by atoms with Crippen molar-refractivity contribution < 1.29 is 28.8 Å². The quantitative estimate of drug-likeness (QED) is 0.124. The molecule has 12 bridgehead atoms. The van der Waals surface area contributed by atoms with E-state index in [2.05, 4.69) is 113 Å². The Balaban J connectivity index is 1.15. The predicted molar refractivity (Wildman–Crippen MR) is 273 cm³/mol. The van der Waals surface area contributed by atoms with Gasteiger partial charge in [0.1, 0.15) is 23.0 Å². The van der Waals surface area contributed by atoms with Crippen molar-refractivity contribution >= 4 is 52.3 Å². The SMILES string of the molecule is COc1ccc(-c2c3nc(c(-c4ccc(OC)cc4)c4ccc([nH]4)c(-c4ccc(C56CC7CC(CC(C(=O)O)(C7)C5)C6)c(OC)c4)c4ccc([nH]4)c(-c4ccc(OC)cc4)c4nc2C=C4)C=C3)cc1. The first-order valence-corrected chi connectivity index (χ1v) is 23.7. The van der Waals surface area contributed by atoms with Gasteiger partial charge in [-0.2, -0.15) is 0 Å². The molecule has 4 saturated carbocycles. The van der Waals surface area contributed by atoms with Gasteiger partial charge in [-0.25, -0.2) is 9.97 Å². The Bertz CT molecular complexity index is 3280. The first-order chi connectivity index (χ1) is 33.7. The largest absolute Gasteiger partial charge is 0.497 e. The number of carboxylic acid groups (broad SMARTS) is 1. The summed E-state index contributed by atoms with van der Waals surface area (Å²) < 4.78 is 23.1. The summed E-state index contributed by atoms with van der Waals surface area (Å²) >= 11 is 0. The summed E-state index contributed by atoms with van der Waals surface area (Å²) in [6.45, 7) is 0. The highest BCUT2D eigenvalue weighted by Crippen LogP contribution is 2.67. The first-order valence-electron chi connectivity index (χ1n) is 23.7. The van der Waals surface area contributed by atoms with Crippen molar-refractivity contribution in [1.29, 1.82) is 0 Å². The second-order valence-electron chi connectivity index (χ2n) is 19.4. The van der Waals surface area contributed by atoms with Gasteiger partial charge in [-0.05, 0) is 164 Å². The van der Waals surface area contributed by atoms with Crippen molar-refractivity contribution in [2.45, 2.75) is 43.9 Å². The minimum Gasteiger partial charge on any atom is -0.497 e. The lowest BCUT2D eigenvalue weighted by atomic mass is 9.43. The molecule has 0 spiro atoms. The summed E-state index contributed by atoms with van der Waals surface area (Å²) in [7, 11) is 6.76. The molecule has 0 saturated heterocycles. The van der Waals surface area contributed by atoms with Crippen molar-refractivity contribution in [2.24, 2.45) is 17.3 Å². The Morgan fingerprint density at radius 2 is 0.913 bits per heavy atom. The van der Waals surface area contributed by atoms with Crippen LogP contribution in [0, 0.1) is 17.3 Å². The summed E-state index contributed by atoms with van der Waals surface area (Å²) in [6, 6.07) is 39.4. The smallest absolute Gasteiger partial charge is 0.309 e. The Morgan fingerprint density at radius 1 is 0.507 bits per heavy atom. The van der Waals surface area contributed by atoms with Crippen LogP contribution in [0.25, 0.3) is 90.9 Å². The number of benzene rings is 4. The van der Waals surface area contributed by atoms with Crippen molar-refractivity contribution in [3.8, 4) is 67.5 Å². The van der Waals surface area contributed by atoms with Crippen LogP contribution in [0.5, 0.6) is 23.0 Å². The molecule has 5 heterocycles. The van der Waals surface area contributed by atoms with E-state index in [1.54, 1.807) is 28.4 Å². The number of rotatable bonds is 10. The van der Waals surface area contributed by atoms with Gasteiger partial charge in [0, 0.05) is 55.3 Å². The molecule has 344 valence electrons. The van der Waals surface area contributed by atoms with Crippen LogP contribution in [0.1, 0.15) is 66.9 Å². The van der Waals surface area contributed by atoms with Crippen LogP contribution >= 0.6 is 0 Å². The number of aliphatic carboxylic acids is 1. The number of fused-ring (bicyclic) bond motifs is 8. The van der Waals surface area contributed by atoms with Crippen LogP contribution < -0.4 is 18.9 Å². The third-order valence-electron chi connectivity index (χ3n) is 15.5. The average molecular weight is 913 g/mol. The summed E-state index contributed by atoms with van der Waals surface area (Å²) in [4.78, 5) is 31.6. The first kappa shape index (κ1) is 42.5. The lowest BCUT2D eigenvalue weighted by Crippen LogP contribution is -2.56. The number of carbonyl (C=O) groups is 1. The summed E-state index contributed by atoms with van der Waals surface area (Å²) in [5, 5.41) is 10.7. The van der Waals surface area contributed by atoms with E-state index in [0.29, 0.717) is 18.3 Å². The molecule has 2 aliphatic heterocycles. The average Bonchev–Trinajstić information content (AvgIpc) is 4.23. The number of methoxy groups -OCH3 is 4. The van der Waals surface area contributed by atoms with E-state index in [0.717, 1.165) is 150 Å². The zero-order valence-corrected chi connectivity index (χ0v) is 39.1. The van der Waals surface area contributed by atoms with Gasteiger partial charge in [-0.3, -0.25) is 4.79 Å².